The number of aryl methyl sites for hydroxylation is 1. The van der Waals surface area contributed by atoms with Crippen LogP contribution in [0.2, 0.25) is 5.02 Å². The third-order valence-electron chi connectivity index (χ3n) is 5.43. The summed E-state index contributed by atoms with van der Waals surface area (Å²) in [4.78, 5) is 27.7. The average Bonchev–Trinajstić information content (AvgIpc) is 2.79. The van der Waals surface area contributed by atoms with Crippen molar-refractivity contribution in [1.29, 1.82) is 0 Å². The number of methoxy groups -OCH3 is 1. The average molecular weight is 524 g/mol. The number of nitrogens with one attached hydrogen (secondary N) is 1. The summed E-state index contributed by atoms with van der Waals surface area (Å²) >= 11 is 6.20. The molecule has 10 heteroatoms. The molecule has 1 N–H and O–H groups in total. The van der Waals surface area contributed by atoms with Gasteiger partial charge in [0.05, 0.1) is 24.1 Å². The molecule has 2 rings (SSSR count). The SMILES string of the molecule is COc1ccc(N(CC(=O)N(Cc2ccc(C)cc2)[C@@H](C)C(=O)NCC(C)C)S(C)(=O)=O)cc1Cl. The van der Waals surface area contributed by atoms with Crippen LogP contribution in [0.5, 0.6) is 5.75 Å². The van der Waals surface area contributed by atoms with Crippen molar-refractivity contribution in [3.05, 3.63) is 58.6 Å². The van der Waals surface area contributed by atoms with E-state index >= 15 is 0 Å². The molecular weight excluding hydrogens is 490 g/mol. The fourth-order valence-electron chi connectivity index (χ4n) is 3.35. The van der Waals surface area contributed by atoms with Crippen LogP contribution in [0.15, 0.2) is 42.5 Å². The highest BCUT2D eigenvalue weighted by atomic mass is 35.5. The minimum Gasteiger partial charge on any atom is -0.495 e. The highest BCUT2D eigenvalue weighted by molar-refractivity contribution is 7.92. The van der Waals surface area contributed by atoms with Crippen molar-refractivity contribution in [2.75, 3.05) is 30.8 Å². The summed E-state index contributed by atoms with van der Waals surface area (Å²) in [5.41, 5.74) is 2.11. The van der Waals surface area contributed by atoms with Crippen LogP contribution in [-0.4, -0.2) is 57.6 Å². The first-order chi connectivity index (χ1) is 16.3. The van der Waals surface area contributed by atoms with E-state index in [9.17, 15) is 18.0 Å². The van der Waals surface area contributed by atoms with E-state index in [2.05, 4.69) is 5.32 Å². The van der Waals surface area contributed by atoms with E-state index in [1.54, 1.807) is 6.92 Å². The van der Waals surface area contributed by atoms with Crippen LogP contribution in [0.3, 0.4) is 0 Å². The first-order valence-corrected chi connectivity index (χ1v) is 13.5. The second-order valence-corrected chi connectivity index (χ2v) is 11.2. The molecule has 0 radical (unpaired) electrons. The van der Waals surface area contributed by atoms with Gasteiger partial charge in [0.1, 0.15) is 18.3 Å². The molecule has 0 spiro atoms. The lowest BCUT2D eigenvalue weighted by atomic mass is 10.1. The zero-order valence-corrected chi connectivity index (χ0v) is 22.6. The predicted molar refractivity (Wildman–Crippen MR) is 139 cm³/mol. The van der Waals surface area contributed by atoms with E-state index in [0.717, 1.165) is 21.7 Å². The van der Waals surface area contributed by atoms with Gasteiger partial charge < -0.3 is 15.0 Å². The van der Waals surface area contributed by atoms with Gasteiger partial charge in [0.2, 0.25) is 21.8 Å². The summed E-state index contributed by atoms with van der Waals surface area (Å²) in [6, 6.07) is 11.3. The normalized spacial score (nSPS) is 12.2. The highest BCUT2D eigenvalue weighted by Gasteiger charge is 2.30. The first-order valence-electron chi connectivity index (χ1n) is 11.3. The molecule has 0 saturated heterocycles. The maximum atomic E-state index is 13.5. The zero-order valence-electron chi connectivity index (χ0n) is 21.0. The molecule has 0 saturated carbocycles. The van der Waals surface area contributed by atoms with Gasteiger partial charge in [0.15, 0.2) is 0 Å². The highest BCUT2D eigenvalue weighted by Crippen LogP contribution is 2.30. The molecule has 0 fully saturated rings. The van der Waals surface area contributed by atoms with Gasteiger partial charge >= 0.3 is 0 Å². The number of halogens is 1. The van der Waals surface area contributed by atoms with Crippen molar-refractivity contribution in [2.45, 2.75) is 40.3 Å². The molecule has 0 aromatic heterocycles. The van der Waals surface area contributed by atoms with E-state index in [1.165, 1.54) is 30.2 Å². The lowest BCUT2D eigenvalue weighted by molar-refractivity contribution is -0.139. The van der Waals surface area contributed by atoms with E-state index in [-0.39, 0.29) is 29.1 Å². The molecule has 0 unspecified atom stereocenters. The smallest absolute Gasteiger partial charge is 0.244 e. The van der Waals surface area contributed by atoms with Gasteiger partial charge in [0.25, 0.3) is 0 Å². The second kappa shape index (κ2) is 12.3. The number of hydrogen-bond donors (Lipinski definition) is 1. The summed E-state index contributed by atoms with van der Waals surface area (Å²) in [6.07, 6.45) is 1.02. The summed E-state index contributed by atoms with van der Waals surface area (Å²) in [6.45, 7) is 7.67. The molecule has 1 atom stereocenters. The maximum Gasteiger partial charge on any atom is 0.244 e. The van der Waals surface area contributed by atoms with Crippen molar-refractivity contribution in [3.8, 4) is 5.75 Å². The molecule has 2 amide bonds. The fraction of sp³-hybridized carbons (Fsp3) is 0.440. The van der Waals surface area contributed by atoms with Gasteiger partial charge in [-0.1, -0.05) is 55.3 Å². The summed E-state index contributed by atoms with van der Waals surface area (Å²) in [5.74, 6) is -0.202. The molecular formula is C25H34ClN3O5S. The molecule has 0 aliphatic rings. The molecule has 2 aromatic rings. The number of benzene rings is 2. The molecule has 8 nitrogen and oxygen atoms in total. The predicted octanol–water partition coefficient (Wildman–Crippen LogP) is 3.61. The molecule has 0 bridgehead atoms. The Hall–Kier alpha value is -2.78. The quantitative estimate of drug-likeness (QED) is 0.485. The molecule has 0 aliphatic heterocycles. The minimum absolute atomic E-state index is 0.149. The van der Waals surface area contributed by atoms with Crippen LogP contribution in [0, 0.1) is 12.8 Å². The number of rotatable bonds is 11. The van der Waals surface area contributed by atoms with Crippen LogP contribution in [0.4, 0.5) is 5.69 Å². The Morgan fingerprint density at radius 3 is 2.23 bits per heavy atom. The minimum atomic E-state index is -3.84. The van der Waals surface area contributed by atoms with E-state index in [1.807, 2.05) is 45.0 Å². The molecule has 2 aromatic carbocycles. The number of anilines is 1. The van der Waals surface area contributed by atoms with Crippen molar-refractivity contribution in [1.82, 2.24) is 10.2 Å². The van der Waals surface area contributed by atoms with Gasteiger partial charge in [-0.3, -0.25) is 13.9 Å². The Morgan fingerprint density at radius 1 is 1.09 bits per heavy atom. The third kappa shape index (κ3) is 8.14. The second-order valence-electron chi connectivity index (χ2n) is 8.91. The number of carbonyl (C=O) groups is 2. The van der Waals surface area contributed by atoms with Crippen LogP contribution in [0.25, 0.3) is 0 Å². The number of amides is 2. The zero-order chi connectivity index (χ0) is 26.3. The largest absolute Gasteiger partial charge is 0.495 e. The Kier molecular flexibility index (Phi) is 9.97. The van der Waals surface area contributed by atoms with E-state index < -0.39 is 28.5 Å². The maximum absolute atomic E-state index is 13.5. The number of ether oxygens (including phenoxy) is 1. The third-order valence-corrected chi connectivity index (χ3v) is 6.86. The molecule has 0 heterocycles. The van der Waals surface area contributed by atoms with Crippen molar-refractivity contribution in [2.24, 2.45) is 5.92 Å². The lowest BCUT2D eigenvalue weighted by Crippen LogP contribution is -2.51. The van der Waals surface area contributed by atoms with Crippen molar-refractivity contribution >= 4 is 39.1 Å². The van der Waals surface area contributed by atoms with Crippen molar-refractivity contribution in [3.63, 3.8) is 0 Å². The Bertz CT molecular complexity index is 1140. The van der Waals surface area contributed by atoms with E-state index in [0.29, 0.717) is 12.3 Å². The summed E-state index contributed by atoms with van der Waals surface area (Å²) in [5, 5.41) is 3.06. The Morgan fingerprint density at radius 2 is 1.71 bits per heavy atom. The topological polar surface area (TPSA) is 96.0 Å². The Labute approximate surface area is 213 Å². The van der Waals surface area contributed by atoms with Gasteiger partial charge in [-0.25, -0.2) is 8.42 Å². The number of hydrogen-bond acceptors (Lipinski definition) is 5. The number of carbonyl (C=O) groups excluding carboxylic acids is 2. The fourth-order valence-corrected chi connectivity index (χ4v) is 4.44. The first kappa shape index (κ1) is 28.5. The van der Waals surface area contributed by atoms with Gasteiger partial charge in [-0.15, -0.1) is 0 Å². The van der Waals surface area contributed by atoms with Crippen LogP contribution in [-0.2, 0) is 26.2 Å². The van der Waals surface area contributed by atoms with Crippen molar-refractivity contribution < 1.29 is 22.7 Å². The van der Waals surface area contributed by atoms with E-state index in [4.69, 9.17) is 16.3 Å². The van der Waals surface area contributed by atoms with Gasteiger partial charge in [-0.05, 0) is 43.5 Å². The number of nitrogens with zero attached hydrogens (tertiary/aromatic N) is 2. The lowest BCUT2D eigenvalue weighted by Gasteiger charge is -2.31. The van der Waals surface area contributed by atoms with Crippen LogP contribution >= 0.6 is 11.6 Å². The Balaban J connectivity index is 2.38. The summed E-state index contributed by atoms with van der Waals surface area (Å²) < 4.78 is 31.4. The monoisotopic (exact) mass is 523 g/mol. The van der Waals surface area contributed by atoms with Gasteiger partial charge in [0, 0.05) is 13.1 Å². The molecule has 192 valence electrons. The van der Waals surface area contributed by atoms with Crippen LogP contribution in [0.1, 0.15) is 31.9 Å². The number of sulfonamides is 1. The van der Waals surface area contributed by atoms with Crippen LogP contribution < -0.4 is 14.4 Å². The standard InChI is InChI=1S/C25H34ClN3O5S/c1-17(2)14-27-25(31)19(4)28(15-20-9-7-18(3)8-10-20)24(30)16-29(35(6,32)33)21-11-12-23(34-5)22(26)13-21/h7-13,17,19H,14-16H2,1-6H3,(H,27,31)/t19-/m0/s1. The van der Waals surface area contributed by atoms with Gasteiger partial charge in [-0.2, -0.15) is 0 Å². The molecule has 35 heavy (non-hydrogen) atoms. The summed E-state index contributed by atoms with van der Waals surface area (Å²) in [7, 11) is -2.39. The molecule has 0 aliphatic carbocycles.